The van der Waals surface area contributed by atoms with E-state index in [1.807, 2.05) is 12.1 Å². The highest BCUT2D eigenvalue weighted by Gasteiger charge is 2.20. The molecule has 0 spiro atoms. The summed E-state index contributed by atoms with van der Waals surface area (Å²) < 4.78 is 10.8. The fourth-order valence-electron chi connectivity index (χ4n) is 2.57. The first-order chi connectivity index (χ1) is 10.8. The van der Waals surface area contributed by atoms with E-state index in [2.05, 4.69) is 29.7 Å². The number of guanidine groups is 1. The Morgan fingerprint density at radius 2 is 2.23 bits per heavy atom. The lowest BCUT2D eigenvalue weighted by Crippen LogP contribution is -2.38. The average Bonchev–Trinajstić information content (AvgIpc) is 2.56. The van der Waals surface area contributed by atoms with Gasteiger partial charge in [-0.15, -0.1) is 0 Å². The number of methoxy groups -OCH3 is 1. The van der Waals surface area contributed by atoms with E-state index < -0.39 is 0 Å². The molecule has 1 heterocycles. The highest BCUT2D eigenvalue weighted by Crippen LogP contribution is 2.33. The van der Waals surface area contributed by atoms with E-state index >= 15 is 0 Å². The van der Waals surface area contributed by atoms with Crippen LogP contribution >= 0.6 is 0 Å². The molecule has 1 aliphatic rings. The molecule has 0 saturated carbocycles. The monoisotopic (exact) mass is 305 g/mol. The summed E-state index contributed by atoms with van der Waals surface area (Å²) in [4.78, 5) is 4.73. The van der Waals surface area contributed by atoms with Gasteiger partial charge in [0.2, 0.25) is 0 Å². The van der Waals surface area contributed by atoms with E-state index in [0.717, 1.165) is 57.4 Å². The summed E-state index contributed by atoms with van der Waals surface area (Å²) in [5, 5.41) is 6.64. The summed E-state index contributed by atoms with van der Waals surface area (Å²) in [6.45, 7) is 6.12. The molecule has 1 aliphatic heterocycles. The number of hydrogen-bond acceptors (Lipinski definition) is 3. The van der Waals surface area contributed by atoms with Crippen molar-refractivity contribution in [2.24, 2.45) is 4.99 Å². The van der Waals surface area contributed by atoms with Crippen LogP contribution in [0.5, 0.6) is 5.75 Å². The van der Waals surface area contributed by atoms with E-state index in [1.165, 1.54) is 5.56 Å². The number of fused-ring (bicyclic) bond motifs is 1. The Labute approximate surface area is 133 Å². The molecule has 2 N–H and O–H groups in total. The van der Waals surface area contributed by atoms with E-state index in [9.17, 15) is 0 Å². The first-order valence-electron chi connectivity index (χ1n) is 8.08. The van der Waals surface area contributed by atoms with Gasteiger partial charge in [-0.1, -0.05) is 18.2 Å². The van der Waals surface area contributed by atoms with Crippen LogP contribution in [0.3, 0.4) is 0 Å². The average molecular weight is 305 g/mol. The molecule has 0 fully saturated rings. The van der Waals surface area contributed by atoms with Crippen molar-refractivity contribution in [2.75, 3.05) is 40.0 Å². The predicted molar refractivity (Wildman–Crippen MR) is 89.8 cm³/mol. The quantitative estimate of drug-likeness (QED) is 0.460. The second-order valence-corrected chi connectivity index (χ2v) is 5.36. The van der Waals surface area contributed by atoms with Gasteiger partial charge in [-0.3, -0.25) is 4.99 Å². The third-order valence-corrected chi connectivity index (χ3v) is 3.71. The molecule has 22 heavy (non-hydrogen) atoms. The van der Waals surface area contributed by atoms with Crippen molar-refractivity contribution in [3.05, 3.63) is 29.8 Å². The van der Waals surface area contributed by atoms with Crippen LogP contribution in [-0.2, 0) is 4.74 Å². The SMILES string of the molecule is CCNC(=NCC1CCOc2ccccc21)NCCCOC. The number of hydrogen-bond donors (Lipinski definition) is 2. The van der Waals surface area contributed by atoms with Crippen molar-refractivity contribution < 1.29 is 9.47 Å². The Kier molecular flexibility index (Phi) is 7.03. The summed E-state index contributed by atoms with van der Waals surface area (Å²) in [6.07, 6.45) is 1.99. The second kappa shape index (κ2) is 9.30. The van der Waals surface area contributed by atoms with Crippen LogP contribution in [0.1, 0.15) is 31.2 Å². The Morgan fingerprint density at radius 3 is 3.05 bits per heavy atom. The van der Waals surface area contributed by atoms with Crippen molar-refractivity contribution in [1.29, 1.82) is 0 Å². The topological polar surface area (TPSA) is 54.9 Å². The first kappa shape index (κ1) is 16.6. The second-order valence-electron chi connectivity index (χ2n) is 5.36. The molecule has 1 aromatic carbocycles. The van der Waals surface area contributed by atoms with E-state index in [-0.39, 0.29) is 0 Å². The largest absolute Gasteiger partial charge is 0.493 e. The van der Waals surface area contributed by atoms with Crippen molar-refractivity contribution >= 4 is 5.96 Å². The number of para-hydroxylation sites is 1. The summed E-state index contributed by atoms with van der Waals surface area (Å²) in [5.41, 5.74) is 1.27. The minimum absolute atomic E-state index is 0.430. The van der Waals surface area contributed by atoms with Gasteiger partial charge in [0.1, 0.15) is 5.75 Å². The predicted octanol–water partition coefficient (Wildman–Crippen LogP) is 2.14. The van der Waals surface area contributed by atoms with Crippen LogP contribution in [0, 0.1) is 0 Å². The molecule has 0 bridgehead atoms. The lowest BCUT2D eigenvalue weighted by atomic mass is 9.93. The Morgan fingerprint density at radius 1 is 1.36 bits per heavy atom. The number of nitrogens with zero attached hydrogens (tertiary/aromatic N) is 1. The van der Waals surface area contributed by atoms with Crippen LogP contribution in [0.25, 0.3) is 0 Å². The molecule has 5 heteroatoms. The van der Waals surface area contributed by atoms with Gasteiger partial charge >= 0.3 is 0 Å². The molecule has 0 radical (unpaired) electrons. The summed E-state index contributed by atoms with van der Waals surface area (Å²) in [5.74, 6) is 2.31. The van der Waals surface area contributed by atoms with Crippen LogP contribution < -0.4 is 15.4 Å². The minimum atomic E-state index is 0.430. The van der Waals surface area contributed by atoms with E-state index in [1.54, 1.807) is 7.11 Å². The smallest absolute Gasteiger partial charge is 0.191 e. The van der Waals surface area contributed by atoms with Gasteiger partial charge in [0, 0.05) is 39.3 Å². The van der Waals surface area contributed by atoms with Crippen LogP contribution in [0.4, 0.5) is 0 Å². The molecule has 5 nitrogen and oxygen atoms in total. The van der Waals surface area contributed by atoms with Crippen molar-refractivity contribution in [1.82, 2.24) is 10.6 Å². The van der Waals surface area contributed by atoms with E-state index in [0.29, 0.717) is 5.92 Å². The molecule has 1 unspecified atom stereocenters. The summed E-state index contributed by atoms with van der Waals surface area (Å²) in [7, 11) is 1.72. The summed E-state index contributed by atoms with van der Waals surface area (Å²) in [6, 6.07) is 8.28. The molecule has 0 aromatic heterocycles. The number of ether oxygens (including phenoxy) is 2. The standard InChI is InChI=1S/C17H27N3O2/c1-3-18-17(19-10-6-11-21-2)20-13-14-9-12-22-16-8-5-4-7-15(14)16/h4-5,7-8,14H,3,6,9-13H2,1-2H3,(H2,18,19,20). The van der Waals surface area contributed by atoms with Gasteiger partial charge < -0.3 is 20.1 Å². The van der Waals surface area contributed by atoms with Gasteiger partial charge in [0.15, 0.2) is 5.96 Å². The van der Waals surface area contributed by atoms with Crippen molar-refractivity contribution in [2.45, 2.75) is 25.7 Å². The Balaban J connectivity index is 1.92. The maximum Gasteiger partial charge on any atom is 0.191 e. The van der Waals surface area contributed by atoms with E-state index in [4.69, 9.17) is 14.5 Å². The normalized spacial score (nSPS) is 17.5. The van der Waals surface area contributed by atoms with Gasteiger partial charge in [0.25, 0.3) is 0 Å². The highest BCUT2D eigenvalue weighted by molar-refractivity contribution is 5.79. The van der Waals surface area contributed by atoms with Crippen LogP contribution in [-0.4, -0.2) is 45.9 Å². The fourth-order valence-corrected chi connectivity index (χ4v) is 2.57. The van der Waals surface area contributed by atoms with Crippen LogP contribution in [0.2, 0.25) is 0 Å². The lowest BCUT2D eigenvalue weighted by Gasteiger charge is -2.25. The Hall–Kier alpha value is -1.75. The molecule has 1 atom stereocenters. The zero-order valence-electron chi connectivity index (χ0n) is 13.6. The maximum atomic E-state index is 5.71. The third-order valence-electron chi connectivity index (χ3n) is 3.71. The number of nitrogens with one attached hydrogen (secondary N) is 2. The zero-order valence-corrected chi connectivity index (χ0v) is 13.6. The minimum Gasteiger partial charge on any atom is -0.493 e. The van der Waals surface area contributed by atoms with Gasteiger partial charge in [-0.25, -0.2) is 0 Å². The summed E-state index contributed by atoms with van der Waals surface area (Å²) >= 11 is 0. The number of benzene rings is 1. The molecular weight excluding hydrogens is 278 g/mol. The molecule has 0 amide bonds. The third kappa shape index (κ3) is 4.91. The molecule has 122 valence electrons. The van der Waals surface area contributed by atoms with Gasteiger partial charge in [-0.2, -0.15) is 0 Å². The molecule has 2 rings (SSSR count). The number of rotatable bonds is 7. The van der Waals surface area contributed by atoms with Crippen molar-refractivity contribution in [3.63, 3.8) is 0 Å². The van der Waals surface area contributed by atoms with Gasteiger partial charge in [0.05, 0.1) is 6.61 Å². The molecule has 1 aromatic rings. The molecule has 0 aliphatic carbocycles. The maximum absolute atomic E-state index is 5.71. The fraction of sp³-hybridized carbons (Fsp3) is 0.588. The highest BCUT2D eigenvalue weighted by atomic mass is 16.5. The zero-order chi connectivity index (χ0) is 15.6. The Bertz CT molecular complexity index is 477. The van der Waals surface area contributed by atoms with Crippen LogP contribution in [0.15, 0.2) is 29.3 Å². The van der Waals surface area contributed by atoms with Gasteiger partial charge in [-0.05, 0) is 31.4 Å². The first-order valence-corrected chi connectivity index (χ1v) is 8.08. The number of aliphatic imine (C=N–C) groups is 1. The lowest BCUT2D eigenvalue weighted by molar-refractivity contribution is 0.195. The molecular formula is C17H27N3O2. The molecule has 0 saturated heterocycles. The van der Waals surface area contributed by atoms with Crippen molar-refractivity contribution in [3.8, 4) is 5.75 Å².